The number of aliphatic imine (C=N–C) groups is 1. The van der Waals surface area contributed by atoms with Gasteiger partial charge in [0.2, 0.25) is 0 Å². The van der Waals surface area contributed by atoms with Crippen LogP contribution in [0.15, 0.2) is 4.99 Å². The van der Waals surface area contributed by atoms with Crippen LogP contribution in [0.25, 0.3) is 0 Å². The van der Waals surface area contributed by atoms with E-state index in [0.717, 1.165) is 6.42 Å². The standard InChI is InChI=1S/C9H18N2/c1-4-8(2)10-9-6-5-7-11(9)3/h8H,4-7H2,1-3H3/b10-9-. The number of hydrogen-bond donors (Lipinski definition) is 0. The van der Waals surface area contributed by atoms with Crippen LogP contribution in [0.1, 0.15) is 33.1 Å². The van der Waals surface area contributed by atoms with Crippen LogP contribution in [0, 0.1) is 0 Å². The summed E-state index contributed by atoms with van der Waals surface area (Å²) in [7, 11) is 2.13. The SMILES string of the molecule is CCC(C)/N=C1/CCCN1C. The van der Waals surface area contributed by atoms with Crippen LogP contribution in [0.3, 0.4) is 0 Å². The summed E-state index contributed by atoms with van der Waals surface area (Å²) < 4.78 is 0. The molecule has 1 heterocycles. The quantitative estimate of drug-likeness (QED) is 0.593. The van der Waals surface area contributed by atoms with E-state index in [-0.39, 0.29) is 0 Å². The van der Waals surface area contributed by atoms with Crippen molar-refractivity contribution in [2.24, 2.45) is 4.99 Å². The Morgan fingerprint density at radius 1 is 1.64 bits per heavy atom. The summed E-state index contributed by atoms with van der Waals surface area (Å²) in [4.78, 5) is 6.89. The lowest BCUT2D eigenvalue weighted by atomic mass is 10.3. The van der Waals surface area contributed by atoms with E-state index in [2.05, 4.69) is 30.8 Å². The molecule has 1 atom stereocenters. The molecule has 0 aromatic heterocycles. The number of hydrogen-bond acceptors (Lipinski definition) is 1. The first-order valence-corrected chi connectivity index (χ1v) is 4.52. The lowest BCUT2D eigenvalue weighted by molar-refractivity contribution is 0.542. The predicted molar refractivity (Wildman–Crippen MR) is 49.1 cm³/mol. The maximum Gasteiger partial charge on any atom is 0.0990 e. The third kappa shape index (κ3) is 2.21. The molecule has 0 bridgehead atoms. The van der Waals surface area contributed by atoms with Gasteiger partial charge in [-0.25, -0.2) is 0 Å². The topological polar surface area (TPSA) is 15.6 Å². The third-order valence-corrected chi connectivity index (χ3v) is 2.29. The molecule has 1 aliphatic heterocycles. The van der Waals surface area contributed by atoms with Crippen LogP contribution >= 0.6 is 0 Å². The first kappa shape index (κ1) is 8.57. The zero-order chi connectivity index (χ0) is 8.27. The van der Waals surface area contributed by atoms with Crippen molar-refractivity contribution in [3.63, 3.8) is 0 Å². The Kier molecular flexibility index (Phi) is 2.92. The van der Waals surface area contributed by atoms with Gasteiger partial charge in [-0.3, -0.25) is 4.99 Å². The van der Waals surface area contributed by atoms with Gasteiger partial charge in [0.25, 0.3) is 0 Å². The minimum absolute atomic E-state index is 0.505. The minimum Gasteiger partial charge on any atom is -0.363 e. The number of nitrogens with zero attached hydrogens (tertiary/aromatic N) is 2. The van der Waals surface area contributed by atoms with Gasteiger partial charge in [0.15, 0.2) is 0 Å². The maximum atomic E-state index is 4.62. The molecule has 1 rings (SSSR count). The highest BCUT2D eigenvalue weighted by atomic mass is 15.2. The number of rotatable bonds is 2. The highest BCUT2D eigenvalue weighted by Crippen LogP contribution is 2.10. The molecule has 1 saturated heterocycles. The van der Waals surface area contributed by atoms with Gasteiger partial charge in [0, 0.05) is 26.1 Å². The van der Waals surface area contributed by atoms with Crippen LogP contribution in [0.2, 0.25) is 0 Å². The van der Waals surface area contributed by atoms with E-state index in [1.54, 1.807) is 0 Å². The molecule has 1 aliphatic rings. The highest BCUT2D eigenvalue weighted by molar-refractivity contribution is 5.83. The second kappa shape index (κ2) is 3.74. The molecule has 11 heavy (non-hydrogen) atoms. The fourth-order valence-corrected chi connectivity index (χ4v) is 1.30. The van der Waals surface area contributed by atoms with Crippen LogP contribution in [0.4, 0.5) is 0 Å². The molecule has 2 nitrogen and oxygen atoms in total. The Morgan fingerprint density at radius 2 is 2.36 bits per heavy atom. The van der Waals surface area contributed by atoms with Crippen molar-refractivity contribution in [2.75, 3.05) is 13.6 Å². The summed E-state index contributed by atoms with van der Waals surface area (Å²) in [6, 6.07) is 0.505. The van der Waals surface area contributed by atoms with Crippen LogP contribution < -0.4 is 0 Å². The first-order valence-electron chi connectivity index (χ1n) is 4.52. The second-order valence-electron chi connectivity index (χ2n) is 3.33. The summed E-state index contributed by atoms with van der Waals surface area (Å²) in [5.41, 5.74) is 0. The normalized spacial score (nSPS) is 24.6. The molecule has 0 aromatic rings. The Morgan fingerprint density at radius 3 is 2.82 bits per heavy atom. The van der Waals surface area contributed by atoms with Gasteiger partial charge in [0.05, 0.1) is 5.84 Å². The molecule has 2 heteroatoms. The van der Waals surface area contributed by atoms with Crippen molar-refractivity contribution in [1.29, 1.82) is 0 Å². The summed E-state index contributed by atoms with van der Waals surface area (Å²) in [5, 5.41) is 0. The van der Waals surface area contributed by atoms with Crippen molar-refractivity contribution >= 4 is 5.84 Å². The second-order valence-corrected chi connectivity index (χ2v) is 3.33. The summed E-state index contributed by atoms with van der Waals surface area (Å²) in [6.07, 6.45) is 3.62. The smallest absolute Gasteiger partial charge is 0.0990 e. The van der Waals surface area contributed by atoms with Crippen LogP contribution in [-0.2, 0) is 0 Å². The average molecular weight is 154 g/mol. The monoisotopic (exact) mass is 154 g/mol. The molecule has 0 spiro atoms. The van der Waals surface area contributed by atoms with Crippen molar-refractivity contribution in [2.45, 2.75) is 39.2 Å². The first-order chi connectivity index (χ1) is 5.24. The van der Waals surface area contributed by atoms with E-state index in [0.29, 0.717) is 6.04 Å². The summed E-state index contributed by atoms with van der Waals surface area (Å²) in [6.45, 7) is 5.55. The lowest BCUT2D eigenvalue weighted by Gasteiger charge is -2.13. The summed E-state index contributed by atoms with van der Waals surface area (Å²) >= 11 is 0. The highest BCUT2D eigenvalue weighted by Gasteiger charge is 2.14. The molecular weight excluding hydrogens is 136 g/mol. The Labute approximate surface area is 69.3 Å². The van der Waals surface area contributed by atoms with Crippen molar-refractivity contribution < 1.29 is 0 Å². The fraction of sp³-hybridized carbons (Fsp3) is 0.889. The molecule has 1 unspecified atom stereocenters. The lowest BCUT2D eigenvalue weighted by Crippen LogP contribution is -2.20. The molecule has 0 saturated carbocycles. The zero-order valence-electron chi connectivity index (χ0n) is 7.80. The van der Waals surface area contributed by atoms with E-state index in [4.69, 9.17) is 0 Å². The van der Waals surface area contributed by atoms with Crippen molar-refractivity contribution in [3.05, 3.63) is 0 Å². The third-order valence-electron chi connectivity index (χ3n) is 2.29. The summed E-state index contributed by atoms with van der Waals surface area (Å²) in [5.74, 6) is 1.30. The number of likely N-dealkylation sites (tertiary alicyclic amines) is 1. The molecule has 0 amide bonds. The van der Waals surface area contributed by atoms with Gasteiger partial charge in [-0.05, 0) is 19.8 Å². The Bertz CT molecular complexity index is 152. The average Bonchev–Trinajstić information content (AvgIpc) is 2.37. The minimum atomic E-state index is 0.505. The van der Waals surface area contributed by atoms with Gasteiger partial charge < -0.3 is 4.90 Å². The van der Waals surface area contributed by atoms with E-state index >= 15 is 0 Å². The largest absolute Gasteiger partial charge is 0.363 e. The molecule has 0 aromatic carbocycles. The molecule has 1 fully saturated rings. The van der Waals surface area contributed by atoms with Crippen LogP contribution in [0.5, 0.6) is 0 Å². The number of amidine groups is 1. The molecule has 0 radical (unpaired) electrons. The van der Waals surface area contributed by atoms with E-state index in [1.165, 1.54) is 25.2 Å². The maximum absolute atomic E-state index is 4.62. The molecule has 0 aliphatic carbocycles. The van der Waals surface area contributed by atoms with Gasteiger partial charge >= 0.3 is 0 Å². The van der Waals surface area contributed by atoms with E-state index in [9.17, 15) is 0 Å². The Balaban J connectivity index is 2.50. The van der Waals surface area contributed by atoms with Gasteiger partial charge in [0.1, 0.15) is 0 Å². The van der Waals surface area contributed by atoms with Gasteiger partial charge in [-0.2, -0.15) is 0 Å². The van der Waals surface area contributed by atoms with Crippen LogP contribution in [-0.4, -0.2) is 30.4 Å². The molecule has 64 valence electrons. The Hall–Kier alpha value is -0.530. The van der Waals surface area contributed by atoms with Gasteiger partial charge in [-0.1, -0.05) is 6.92 Å². The van der Waals surface area contributed by atoms with Crippen molar-refractivity contribution in [3.8, 4) is 0 Å². The fourth-order valence-electron chi connectivity index (χ4n) is 1.30. The van der Waals surface area contributed by atoms with Gasteiger partial charge in [-0.15, -0.1) is 0 Å². The van der Waals surface area contributed by atoms with Crippen molar-refractivity contribution in [1.82, 2.24) is 4.90 Å². The van der Waals surface area contributed by atoms with E-state index in [1.807, 2.05) is 0 Å². The zero-order valence-corrected chi connectivity index (χ0v) is 7.80. The van der Waals surface area contributed by atoms with E-state index < -0.39 is 0 Å². The molecule has 0 N–H and O–H groups in total. The predicted octanol–water partition coefficient (Wildman–Crippen LogP) is 1.91. The molecular formula is C9H18N2.